The third-order valence-electron chi connectivity index (χ3n) is 10.4. The minimum absolute atomic E-state index is 0.0959. The lowest BCUT2D eigenvalue weighted by molar-refractivity contribution is -0.174. The molecular weight excluding hydrogens is 364 g/mol. The predicted molar refractivity (Wildman–Crippen MR) is 113 cm³/mol. The number of rotatable bonds is 4. The van der Waals surface area contributed by atoms with Gasteiger partial charge in [0.2, 0.25) is 0 Å². The first-order chi connectivity index (χ1) is 13.7. The first-order valence-electron chi connectivity index (χ1n) is 12.1. The summed E-state index contributed by atoms with van der Waals surface area (Å²) in [4.78, 5) is 11.6. The average Bonchev–Trinajstić information content (AvgIpc) is 3.04. The Balaban J connectivity index is 1.53. The van der Waals surface area contributed by atoms with Gasteiger partial charge in [0.1, 0.15) is 0 Å². The normalized spacial score (nSPS) is 50.2. The van der Waals surface area contributed by atoms with Crippen molar-refractivity contribution in [2.75, 3.05) is 7.11 Å². The van der Waals surface area contributed by atoms with E-state index in [4.69, 9.17) is 4.74 Å². The van der Waals surface area contributed by atoms with E-state index in [0.717, 1.165) is 32.1 Å². The molecule has 4 aliphatic rings. The van der Waals surface area contributed by atoms with Gasteiger partial charge in [0.15, 0.2) is 0 Å². The smallest absolute Gasteiger partial charge is 0.305 e. The van der Waals surface area contributed by atoms with E-state index >= 15 is 0 Å². The van der Waals surface area contributed by atoms with Crippen molar-refractivity contribution in [3.63, 3.8) is 0 Å². The highest BCUT2D eigenvalue weighted by Gasteiger charge is 2.62. The molecule has 29 heavy (non-hydrogen) atoms. The summed E-state index contributed by atoms with van der Waals surface area (Å²) in [6, 6.07) is 0. The third kappa shape index (κ3) is 3.46. The van der Waals surface area contributed by atoms with Gasteiger partial charge in [-0.25, -0.2) is 0 Å². The number of hydrogen-bond donors (Lipinski definition) is 2. The van der Waals surface area contributed by atoms with Crippen molar-refractivity contribution >= 4 is 5.97 Å². The predicted octanol–water partition coefficient (Wildman–Crippen LogP) is 4.57. The third-order valence-corrected chi connectivity index (χ3v) is 10.4. The van der Waals surface area contributed by atoms with Crippen LogP contribution in [-0.4, -0.2) is 35.5 Å². The van der Waals surface area contributed by atoms with Crippen molar-refractivity contribution in [1.82, 2.24) is 0 Å². The van der Waals surface area contributed by atoms with Crippen LogP contribution in [0.5, 0.6) is 0 Å². The van der Waals surface area contributed by atoms with Gasteiger partial charge in [0.05, 0.1) is 19.3 Å². The molecule has 0 saturated heterocycles. The molecule has 4 saturated carbocycles. The van der Waals surface area contributed by atoms with Gasteiger partial charge >= 0.3 is 5.97 Å². The summed E-state index contributed by atoms with van der Waals surface area (Å²) < 4.78 is 4.86. The number of carbonyl (C=O) groups is 1. The molecule has 0 amide bonds. The summed E-state index contributed by atoms with van der Waals surface area (Å²) in [6.45, 7) is 7.29. The molecular formula is C25H42O4. The van der Waals surface area contributed by atoms with Gasteiger partial charge in [0, 0.05) is 6.42 Å². The molecule has 10 atom stereocenters. The zero-order chi connectivity index (χ0) is 21.0. The molecule has 0 aromatic rings. The number of aliphatic hydroxyl groups is 2. The molecule has 0 aliphatic heterocycles. The van der Waals surface area contributed by atoms with Crippen LogP contribution in [0.3, 0.4) is 0 Å². The van der Waals surface area contributed by atoms with Crippen LogP contribution >= 0.6 is 0 Å². The molecule has 166 valence electrons. The topological polar surface area (TPSA) is 66.8 Å². The van der Waals surface area contributed by atoms with Crippen molar-refractivity contribution in [3.8, 4) is 0 Å². The van der Waals surface area contributed by atoms with Gasteiger partial charge < -0.3 is 14.9 Å². The van der Waals surface area contributed by atoms with E-state index in [-0.39, 0.29) is 23.6 Å². The maximum absolute atomic E-state index is 11.6. The van der Waals surface area contributed by atoms with Gasteiger partial charge in [-0.3, -0.25) is 4.79 Å². The van der Waals surface area contributed by atoms with Crippen molar-refractivity contribution in [2.45, 2.75) is 97.2 Å². The highest BCUT2D eigenvalue weighted by molar-refractivity contribution is 5.69. The van der Waals surface area contributed by atoms with Crippen LogP contribution in [0.15, 0.2) is 0 Å². The van der Waals surface area contributed by atoms with E-state index in [1.807, 2.05) is 0 Å². The Labute approximate surface area is 176 Å². The van der Waals surface area contributed by atoms with Crippen molar-refractivity contribution in [2.24, 2.45) is 46.3 Å². The monoisotopic (exact) mass is 406 g/mol. The minimum atomic E-state index is -0.211. The van der Waals surface area contributed by atoms with E-state index in [0.29, 0.717) is 47.3 Å². The van der Waals surface area contributed by atoms with Crippen LogP contribution in [0.4, 0.5) is 0 Å². The second-order valence-corrected chi connectivity index (χ2v) is 11.5. The van der Waals surface area contributed by atoms with Crippen molar-refractivity contribution in [1.29, 1.82) is 0 Å². The Morgan fingerprint density at radius 3 is 2.45 bits per heavy atom. The first kappa shape index (κ1) is 21.6. The molecule has 0 spiro atoms. The maximum atomic E-state index is 11.6. The highest BCUT2D eigenvalue weighted by Crippen LogP contribution is 2.68. The molecule has 4 aliphatic carbocycles. The average molecular weight is 407 g/mol. The van der Waals surface area contributed by atoms with E-state index < -0.39 is 0 Å². The summed E-state index contributed by atoms with van der Waals surface area (Å²) in [5.74, 6) is 3.17. The Bertz CT molecular complexity index is 620. The summed E-state index contributed by atoms with van der Waals surface area (Å²) >= 11 is 0. The highest BCUT2D eigenvalue weighted by atomic mass is 16.5. The second-order valence-electron chi connectivity index (χ2n) is 11.5. The summed E-state index contributed by atoms with van der Waals surface area (Å²) in [6.07, 6.45) is 9.80. The second kappa shape index (κ2) is 7.82. The van der Waals surface area contributed by atoms with E-state index in [2.05, 4.69) is 20.8 Å². The number of esters is 1. The zero-order valence-electron chi connectivity index (χ0n) is 18.9. The number of aliphatic hydroxyl groups excluding tert-OH is 2. The molecule has 0 radical (unpaired) electrons. The number of carbonyl (C=O) groups excluding carboxylic acids is 1. The van der Waals surface area contributed by atoms with Gasteiger partial charge in [-0.2, -0.15) is 0 Å². The molecule has 0 bridgehead atoms. The zero-order valence-corrected chi connectivity index (χ0v) is 18.9. The van der Waals surface area contributed by atoms with Crippen LogP contribution in [-0.2, 0) is 9.53 Å². The lowest BCUT2D eigenvalue weighted by atomic mass is 9.43. The first-order valence-corrected chi connectivity index (χ1v) is 12.1. The Kier molecular flexibility index (Phi) is 5.83. The largest absolute Gasteiger partial charge is 0.469 e. The van der Waals surface area contributed by atoms with Gasteiger partial charge in [0.25, 0.3) is 0 Å². The Hall–Kier alpha value is -0.610. The van der Waals surface area contributed by atoms with E-state index in [9.17, 15) is 15.0 Å². The number of hydrogen-bond acceptors (Lipinski definition) is 4. The number of fused-ring (bicyclic) bond motifs is 5. The minimum Gasteiger partial charge on any atom is -0.469 e. The standard InChI is InChI=1S/C25H42O4/c1-15(5-8-22(28)29-4)18-6-7-19-23-20(10-12-25(18,19)3)24(2)11-9-17(26)13-16(24)14-21(23)27/h15-21,23,26-27H,5-14H2,1-4H3/t15-,16+,17-,18-,19?,20?,21+,23+,24+,25-/m1/s1. The number of methoxy groups -OCH3 is 1. The van der Waals surface area contributed by atoms with Crippen LogP contribution in [0.25, 0.3) is 0 Å². The Morgan fingerprint density at radius 2 is 1.72 bits per heavy atom. The fraction of sp³-hybridized carbons (Fsp3) is 0.960. The molecule has 4 rings (SSSR count). The fourth-order valence-corrected chi connectivity index (χ4v) is 8.82. The molecule has 0 aromatic carbocycles. The van der Waals surface area contributed by atoms with Gasteiger partial charge in [-0.15, -0.1) is 0 Å². The maximum Gasteiger partial charge on any atom is 0.305 e. The molecule has 0 aromatic heterocycles. The molecule has 0 heterocycles. The molecule has 2 unspecified atom stereocenters. The molecule has 2 N–H and O–H groups in total. The lowest BCUT2D eigenvalue weighted by Gasteiger charge is -2.62. The van der Waals surface area contributed by atoms with Crippen LogP contribution in [0.2, 0.25) is 0 Å². The van der Waals surface area contributed by atoms with Crippen molar-refractivity contribution < 1.29 is 19.7 Å². The quantitative estimate of drug-likeness (QED) is 0.671. The SMILES string of the molecule is COC(=O)CC[C@@H](C)[C@H]1CCC2[C@H]3C(CC[C@@]21C)[C@@]1(C)CC[C@@H](O)C[C@H]1C[C@@H]3O. The van der Waals surface area contributed by atoms with Crippen LogP contribution < -0.4 is 0 Å². The lowest BCUT2D eigenvalue weighted by Crippen LogP contribution is -2.58. The van der Waals surface area contributed by atoms with Crippen LogP contribution in [0.1, 0.15) is 85.0 Å². The summed E-state index contributed by atoms with van der Waals surface area (Å²) in [7, 11) is 1.48. The van der Waals surface area contributed by atoms with Gasteiger partial charge in [-0.1, -0.05) is 20.8 Å². The van der Waals surface area contributed by atoms with Crippen molar-refractivity contribution in [3.05, 3.63) is 0 Å². The Morgan fingerprint density at radius 1 is 1.03 bits per heavy atom. The van der Waals surface area contributed by atoms with E-state index in [1.165, 1.54) is 32.8 Å². The van der Waals surface area contributed by atoms with E-state index in [1.54, 1.807) is 0 Å². The summed E-state index contributed by atoms with van der Waals surface area (Å²) in [5, 5.41) is 21.5. The fourth-order valence-electron chi connectivity index (χ4n) is 8.82. The molecule has 4 heteroatoms. The molecule has 4 nitrogen and oxygen atoms in total. The van der Waals surface area contributed by atoms with Gasteiger partial charge in [-0.05, 0) is 104 Å². The van der Waals surface area contributed by atoms with Crippen LogP contribution in [0, 0.1) is 46.3 Å². The number of ether oxygens (including phenoxy) is 1. The molecule has 4 fully saturated rings. The summed E-state index contributed by atoms with van der Waals surface area (Å²) in [5.41, 5.74) is 0.577.